The fraction of sp³-hybridized carbons (Fsp3) is 0.478. The molecule has 1 aromatic heterocycles. The topological polar surface area (TPSA) is 100 Å². The van der Waals surface area contributed by atoms with E-state index >= 15 is 0 Å². The maximum Gasteiger partial charge on any atom is 0.243 e. The minimum absolute atomic E-state index is 0. The number of thiol groups is 1. The second kappa shape index (κ2) is 11.9. The number of nitrogens with zero attached hydrogens (tertiary/aromatic N) is 4. The van der Waals surface area contributed by atoms with Gasteiger partial charge in [-0.3, -0.25) is 19.7 Å². The van der Waals surface area contributed by atoms with Crippen LogP contribution < -0.4 is 5.48 Å². The van der Waals surface area contributed by atoms with Gasteiger partial charge in [-0.25, -0.2) is 14.6 Å². The number of carbonyl (C=O) groups excluding carboxylic acids is 2. The molecule has 0 bridgehead atoms. The van der Waals surface area contributed by atoms with Gasteiger partial charge in [0.15, 0.2) is 5.78 Å². The molecular formula is C23H29ClFN5O3S. The Hall–Kier alpha value is -2.27. The molecule has 2 atom stereocenters. The van der Waals surface area contributed by atoms with E-state index < -0.39 is 11.9 Å². The molecule has 2 aromatic rings. The summed E-state index contributed by atoms with van der Waals surface area (Å²) >= 11 is 4.75. The first kappa shape index (κ1) is 26.3. The molecule has 1 aromatic carbocycles. The van der Waals surface area contributed by atoms with E-state index in [9.17, 15) is 14.0 Å². The molecule has 1 aliphatic carbocycles. The van der Waals surface area contributed by atoms with Gasteiger partial charge in [-0.15, -0.1) is 17.5 Å². The van der Waals surface area contributed by atoms with E-state index in [4.69, 9.17) is 17.8 Å². The molecule has 4 rings (SSSR count). The molecule has 184 valence electrons. The number of ketones is 1. The van der Waals surface area contributed by atoms with Crippen molar-refractivity contribution >= 4 is 42.8 Å². The Bertz CT molecular complexity index is 1050. The van der Waals surface area contributed by atoms with Gasteiger partial charge in [-0.2, -0.15) is 12.6 Å². The predicted octanol–water partition coefficient (Wildman–Crippen LogP) is 3.23. The molecule has 0 radical (unpaired) electrons. The SMILES string of the molecule is Cl.O=C(CCCn1nncc1/C=C1\CN(C(C(=O)C2CC2)c2ccccc2F)CCC1S)NO. The first-order valence-electron chi connectivity index (χ1n) is 11.2. The number of hydrogen-bond donors (Lipinski definition) is 3. The van der Waals surface area contributed by atoms with Crippen LogP contribution in [0.25, 0.3) is 6.08 Å². The van der Waals surface area contributed by atoms with E-state index in [1.54, 1.807) is 34.6 Å². The number of aromatic nitrogens is 3. The van der Waals surface area contributed by atoms with Crippen LogP contribution in [0.3, 0.4) is 0 Å². The lowest BCUT2D eigenvalue weighted by Gasteiger charge is -2.37. The van der Waals surface area contributed by atoms with E-state index in [1.807, 2.05) is 6.08 Å². The van der Waals surface area contributed by atoms with E-state index in [0.29, 0.717) is 31.6 Å². The molecule has 34 heavy (non-hydrogen) atoms. The summed E-state index contributed by atoms with van der Waals surface area (Å²) in [7, 11) is 0. The lowest BCUT2D eigenvalue weighted by molar-refractivity contribution is -0.129. The number of piperidine rings is 1. The first-order valence-corrected chi connectivity index (χ1v) is 11.7. The molecule has 2 unspecified atom stereocenters. The van der Waals surface area contributed by atoms with Gasteiger partial charge < -0.3 is 0 Å². The third-order valence-corrected chi connectivity index (χ3v) is 6.79. The van der Waals surface area contributed by atoms with Crippen molar-refractivity contribution in [1.29, 1.82) is 0 Å². The maximum absolute atomic E-state index is 14.7. The highest BCUT2D eigenvalue weighted by atomic mass is 35.5. The van der Waals surface area contributed by atoms with E-state index in [1.165, 1.54) is 6.07 Å². The van der Waals surface area contributed by atoms with Crippen LogP contribution in [0.2, 0.25) is 0 Å². The molecule has 2 heterocycles. The smallest absolute Gasteiger partial charge is 0.243 e. The van der Waals surface area contributed by atoms with Crippen molar-refractivity contribution < 1.29 is 19.2 Å². The molecular weight excluding hydrogens is 481 g/mol. The second-order valence-electron chi connectivity index (χ2n) is 8.62. The number of amides is 1. The Balaban J connectivity index is 0.00000324. The quantitative estimate of drug-likeness (QED) is 0.272. The number of rotatable bonds is 9. The lowest BCUT2D eigenvalue weighted by atomic mass is 9.93. The molecule has 8 nitrogen and oxygen atoms in total. The Morgan fingerprint density at radius 2 is 2.06 bits per heavy atom. The Labute approximate surface area is 209 Å². The van der Waals surface area contributed by atoms with Gasteiger partial charge >= 0.3 is 0 Å². The van der Waals surface area contributed by atoms with Crippen LogP contribution in [-0.2, 0) is 16.1 Å². The van der Waals surface area contributed by atoms with Crippen molar-refractivity contribution in [3.63, 3.8) is 0 Å². The van der Waals surface area contributed by atoms with Gasteiger partial charge in [0.1, 0.15) is 5.82 Å². The third-order valence-electron chi connectivity index (χ3n) is 6.20. The maximum atomic E-state index is 14.7. The number of aryl methyl sites for hydroxylation is 1. The summed E-state index contributed by atoms with van der Waals surface area (Å²) in [5, 5.41) is 16.7. The van der Waals surface area contributed by atoms with Gasteiger partial charge in [-0.05, 0) is 43.4 Å². The van der Waals surface area contributed by atoms with Gasteiger partial charge in [0, 0.05) is 42.8 Å². The monoisotopic (exact) mass is 509 g/mol. The number of hydroxylamine groups is 1. The molecule has 1 aliphatic heterocycles. The first-order chi connectivity index (χ1) is 16.0. The molecule has 1 saturated carbocycles. The van der Waals surface area contributed by atoms with E-state index in [2.05, 4.69) is 15.2 Å². The summed E-state index contributed by atoms with van der Waals surface area (Å²) in [4.78, 5) is 26.5. The number of nitrogens with one attached hydrogen (secondary N) is 1. The minimum Gasteiger partial charge on any atom is -0.297 e. The zero-order valence-electron chi connectivity index (χ0n) is 18.6. The zero-order valence-corrected chi connectivity index (χ0v) is 20.3. The van der Waals surface area contributed by atoms with Gasteiger partial charge in [-0.1, -0.05) is 23.4 Å². The number of halogens is 2. The normalized spacial score (nSPS) is 20.6. The molecule has 11 heteroatoms. The standard InChI is InChI=1S/C23H28FN5O3S.ClH/c24-19-5-2-1-4-18(19)22(23(31)15-7-8-15)28-11-9-20(33)16(14-28)12-17-13-25-27-29(17)10-3-6-21(30)26-32;/h1-2,4-5,12-13,15,20,22,32-33H,3,6-11,14H2,(H,26,30);1H/b16-12+;. The van der Waals surface area contributed by atoms with Gasteiger partial charge in [0.2, 0.25) is 5.91 Å². The number of likely N-dealkylation sites (tertiary alicyclic amines) is 1. The van der Waals surface area contributed by atoms with Crippen molar-refractivity contribution in [2.75, 3.05) is 13.1 Å². The molecule has 0 spiro atoms. The molecule has 1 amide bonds. The fourth-order valence-electron chi connectivity index (χ4n) is 4.26. The molecule has 2 aliphatic rings. The van der Waals surface area contributed by atoms with E-state index in [0.717, 1.165) is 30.5 Å². The highest BCUT2D eigenvalue weighted by molar-refractivity contribution is 7.81. The van der Waals surface area contributed by atoms with Crippen molar-refractivity contribution in [1.82, 2.24) is 25.4 Å². The fourth-order valence-corrected chi connectivity index (χ4v) is 4.53. The Morgan fingerprint density at radius 3 is 2.76 bits per heavy atom. The van der Waals surface area contributed by atoms with Crippen LogP contribution in [0.4, 0.5) is 4.39 Å². The summed E-state index contributed by atoms with van der Waals surface area (Å²) in [6.45, 7) is 1.60. The second-order valence-corrected chi connectivity index (χ2v) is 9.24. The number of hydrogen-bond acceptors (Lipinski definition) is 7. The largest absolute Gasteiger partial charge is 0.297 e. The average Bonchev–Trinajstić information content (AvgIpc) is 3.58. The predicted molar refractivity (Wildman–Crippen MR) is 130 cm³/mol. The summed E-state index contributed by atoms with van der Waals surface area (Å²) in [5.41, 5.74) is 3.83. The van der Waals surface area contributed by atoms with Crippen LogP contribution in [0, 0.1) is 11.7 Å². The van der Waals surface area contributed by atoms with Crippen molar-refractivity contribution in [3.8, 4) is 0 Å². The minimum atomic E-state index is -0.608. The van der Waals surface area contributed by atoms with Crippen LogP contribution in [0.15, 0.2) is 36.0 Å². The summed E-state index contributed by atoms with van der Waals surface area (Å²) in [6.07, 6.45) is 6.74. The van der Waals surface area contributed by atoms with Crippen LogP contribution in [-0.4, -0.2) is 55.1 Å². The molecule has 1 saturated heterocycles. The Kier molecular flexibility index (Phi) is 9.24. The number of benzene rings is 1. The van der Waals surface area contributed by atoms with Gasteiger partial charge in [0.05, 0.1) is 17.9 Å². The van der Waals surface area contributed by atoms with Gasteiger partial charge in [0.25, 0.3) is 0 Å². The highest BCUT2D eigenvalue weighted by Crippen LogP contribution is 2.39. The van der Waals surface area contributed by atoms with Crippen molar-refractivity contribution in [3.05, 3.63) is 53.1 Å². The number of carbonyl (C=O) groups is 2. The van der Waals surface area contributed by atoms with Crippen LogP contribution in [0.1, 0.15) is 49.4 Å². The Morgan fingerprint density at radius 1 is 1.29 bits per heavy atom. The van der Waals surface area contributed by atoms with Crippen molar-refractivity contribution in [2.24, 2.45) is 5.92 Å². The van der Waals surface area contributed by atoms with Crippen LogP contribution in [0.5, 0.6) is 0 Å². The van der Waals surface area contributed by atoms with E-state index in [-0.39, 0.29) is 41.6 Å². The third kappa shape index (κ3) is 6.24. The van der Waals surface area contributed by atoms with Crippen LogP contribution >= 0.6 is 25.0 Å². The molecule has 2 N–H and O–H groups in total. The van der Waals surface area contributed by atoms with Crippen molar-refractivity contribution in [2.45, 2.75) is 49.9 Å². The summed E-state index contributed by atoms with van der Waals surface area (Å²) < 4.78 is 16.4. The zero-order chi connectivity index (χ0) is 23.4. The molecule has 2 fully saturated rings. The average molecular weight is 510 g/mol. The summed E-state index contributed by atoms with van der Waals surface area (Å²) in [6, 6.07) is 5.92. The summed E-state index contributed by atoms with van der Waals surface area (Å²) in [5.74, 6) is -0.708. The number of Topliss-reactive ketones (excluding diaryl/α,β-unsaturated/α-hetero) is 1. The lowest BCUT2D eigenvalue weighted by Crippen LogP contribution is -2.42. The highest BCUT2D eigenvalue weighted by Gasteiger charge is 2.40.